The summed E-state index contributed by atoms with van der Waals surface area (Å²) in [6.45, 7) is 4.19. The fourth-order valence-electron chi connectivity index (χ4n) is 1.17. The van der Waals surface area contributed by atoms with E-state index in [1.807, 2.05) is 24.3 Å². The summed E-state index contributed by atoms with van der Waals surface area (Å²) in [4.78, 5) is 0. The van der Waals surface area contributed by atoms with Crippen LogP contribution in [0.4, 0.5) is 5.69 Å². The van der Waals surface area contributed by atoms with Gasteiger partial charge >= 0.3 is 0 Å². The van der Waals surface area contributed by atoms with Crippen LogP contribution in [-0.4, -0.2) is 0 Å². The zero-order valence-corrected chi connectivity index (χ0v) is 7.62. The second kappa shape index (κ2) is 3.59. The molecule has 1 rings (SSSR count). The van der Waals surface area contributed by atoms with Crippen molar-refractivity contribution in [1.29, 1.82) is 0 Å². The molecule has 0 aromatic heterocycles. The van der Waals surface area contributed by atoms with E-state index in [4.69, 9.17) is 11.5 Å². The summed E-state index contributed by atoms with van der Waals surface area (Å²) in [6, 6.07) is 7.81. The molecule has 12 heavy (non-hydrogen) atoms. The molecular weight excluding hydrogens is 148 g/mol. The summed E-state index contributed by atoms with van der Waals surface area (Å²) < 4.78 is 0. The van der Waals surface area contributed by atoms with Crippen LogP contribution in [0.15, 0.2) is 24.3 Å². The fraction of sp³-hybridized carbons (Fsp3) is 0.400. The number of hydrogen-bond donors (Lipinski definition) is 2. The maximum atomic E-state index is 5.96. The van der Waals surface area contributed by atoms with Crippen LogP contribution in [0, 0.1) is 5.92 Å². The van der Waals surface area contributed by atoms with E-state index in [1.165, 1.54) is 0 Å². The Labute approximate surface area is 73.6 Å². The van der Waals surface area contributed by atoms with Gasteiger partial charge in [-0.3, -0.25) is 0 Å². The molecule has 0 saturated carbocycles. The lowest BCUT2D eigenvalue weighted by Gasteiger charge is -2.17. The molecule has 0 aliphatic rings. The van der Waals surface area contributed by atoms with Gasteiger partial charge in [0.25, 0.3) is 0 Å². The number of nitrogens with two attached hydrogens (primary N) is 2. The van der Waals surface area contributed by atoms with E-state index in [2.05, 4.69) is 13.8 Å². The molecule has 0 unspecified atom stereocenters. The number of nitrogen functional groups attached to an aromatic ring is 1. The maximum absolute atomic E-state index is 5.96. The maximum Gasteiger partial charge on any atom is 0.0362 e. The number of benzene rings is 1. The summed E-state index contributed by atoms with van der Waals surface area (Å²) in [6.07, 6.45) is 0. The van der Waals surface area contributed by atoms with Gasteiger partial charge in [-0.15, -0.1) is 0 Å². The summed E-state index contributed by atoms with van der Waals surface area (Å²) in [5.41, 5.74) is 13.6. The lowest BCUT2D eigenvalue weighted by atomic mass is 9.96. The van der Waals surface area contributed by atoms with Crippen molar-refractivity contribution in [3.63, 3.8) is 0 Å². The van der Waals surface area contributed by atoms with Gasteiger partial charge in [-0.25, -0.2) is 0 Å². The molecule has 0 radical (unpaired) electrons. The highest BCUT2D eigenvalue weighted by atomic mass is 14.7. The van der Waals surface area contributed by atoms with Crippen molar-refractivity contribution in [2.75, 3.05) is 5.73 Å². The molecule has 0 aliphatic heterocycles. The van der Waals surface area contributed by atoms with Gasteiger partial charge in [0, 0.05) is 11.7 Å². The van der Waals surface area contributed by atoms with Crippen LogP contribution >= 0.6 is 0 Å². The van der Waals surface area contributed by atoms with Gasteiger partial charge in [0.1, 0.15) is 0 Å². The van der Waals surface area contributed by atoms with E-state index in [-0.39, 0.29) is 6.04 Å². The topological polar surface area (TPSA) is 52.0 Å². The highest BCUT2D eigenvalue weighted by Crippen LogP contribution is 2.23. The van der Waals surface area contributed by atoms with Crippen LogP contribution in [0.25, 0.3) is 0 Å². The Hall–Kier alpha value is -1.02. The molecule has 0 heterocycles. The molecule has 66 valence electrons. The molecule has 0 aliphatic carbocycles. The normalized spacial score (nSPS) is 13.3. The van der Waals surface area contributed by atoms with Crippen molar-refractivity contribution in [2.45, 2.75) is 19.9 Å². The largest absolute Gasteiger partial charge is 0.398 e. The molecule has 0 saturated heterocycles. The predicted octanol–water partition coefficient (Wildman–Crippen LogP) is 1.92. The molecule has 4 N–H and O–H groups in total. The van der Waals surface area contributed by atoms with Crippen molar-refractivity contribution in [3.05, 3.63) is 29.8 Å². The molecule has 0 fully saturated rings. The Bertz CT molecular complexity index is 256. The Morgan fingerprint density at radius 2 is 1.75 bits per heavy atom. The van der Waals surface area contributed by atoms with Crippen LogP contribution in [0.2, 0.25) is 0 Å². The van der Waals surface area contributed by atoms with Gasteiger partial charge in [-0.1, -0.05) is 32.0 Å². The van der Waals surface area contributed by atoms with Gasteiger partial charge in [0.2, 0.25) is 0 Å². The van der Waals surface area contributed by atoms with Crippen LogP contribution in [0.3, 0.4) is 0 Å². The smallest absolute Gasteiger partial charge is 0.0362 e. The van der Waals surface area contributed by atoms with Crippen LogP contribution in [0.1, 0.15) is 25.5 Å². The average molecular weight is 164 g/mol. The van der Waals surface area contributed by atoms with E-state index in [1.54, 1.807) is 0 Å². The van der Waals surface area contributed by atoms with Crippen molar-refractivity contribution in [1.82, 2.24) is 0 Å². The molecule has 0 amide bonds. The number of rotatable bonds is 2. The molecule has 1 aromatic rings. The van der Waals surface area contributed by atoms with E-state index >= 15 is 0 Å². The average Bonchev–Trinajstić information content (AvgIpc) is 2.04. The van der Waals surface area contributed by atoms with Crippen LogP contribution in [-0.2, 0) is 0 Å². The van der Waals surface area contributed by atoms with Crippen molar-refractivity contribution >= 4 is 5.69 Å². The van der Waals surface area contributed by atoms with E-state index < -0.39 is 0 Å². The Morgan fingerprint density at radius 1 is 1.17 bits per heavy atom. The summed E-state index contributed by atoms with van der Waals surface area (Å²) in [5, 5.41) is 0. The molecule has 2 nitrogen and oxygen atoms in total. The molecular formula is C10H16N2. The van der Waals surface area contributed by atoms with Gasteiger partial charge in [0.15, 0.2) is 0 Å². The lowest BCUT2D eigenvalue weighted by molar-refractivity contribution is 0.515. The minimum Gasteiger partial charge on any atom is -0.398 e. The van der Waals surface area contributed by atoms with Gasteiger partial charge in [0.05, 0.1) is 0 Å². The molecule has 1 atom stereocenters. The van der Waals surface area contributed by atoms with E-state index in [0.29, 0.717) is 5.92 Å². The summed E-state index contributed by atoms with van der Waals surface area (Å²) in [5.74, 6) is 0.426. The fourth-order valence-corrected chi connectivity index (χ4v) is 1.17. The molecule has 0 spiro atoms. The highest BCUT2D eigenvalue weighted by molar-refractivity contribution is 5.48. The minimum atomic E-state index is 0.0474. The molecule has 2 heteroatoms. The number of hydrogen-bond acceptors (Lipinski definition) is 2. The molecule has 1 aromatic carbocycles. The first-order chi connectivity index (χ1) is 5.63. The predicted molar refractivity (Wildman–Crippen MR) is 52.6 cm³/mol. The SMILES string of the molecule is CC(C)[C@@H](N)c1ccccc1N. The van der Waals surface area contributed by atoms with E-state index in [0.717, 1.165) is 11.3 Å². The Kier molecular flexibility index (Phi) is 2.71. The van der Waals surface area contributed by atoms with Crippen molar-refractivity contribution in [2.24, 2.45) is 11.7 Å². The standard InChI is InChI=1S/C10H16N2/c1-7(2)10(12)8-5-3-4-6-9(8)11/h3-7,10H,11-12H2,1-2H3/t10-/m1/s1. The van der Waals surface area contributed by atoms with E-state index in [9.17, 15) is 0 Å². The van der Waals surface area contributed by atoms with Crippen LogP contribution < -0.4 is 11.5 Å². The quantitative estimate of drug-likeness (QED) is 0.656. The second-order valence-corrected chi connectivity index (χ2v) is 3.40. The third kappa shape index (κ3) is 1.77. The zero-order valence-electron chi connectivity index (χ0n) is 7.62. The van der Waals surface area contributed by atoms with Gasteiger partial charge in [-0.2, -0.15) is 0 Å². The first-order valence-corrected chi connectivity index (χ1v) is 4.23. The Balaban J connectivity index is 2.94. The summed E-state index contributed by atoms with van der Waals surface area (Å²) >= 11 is 0. The van der Waals surface area contributed by atoms with Gasteiger partial charge in [-0.05, 0) is 17.5 Å². The monoisotopic (exact) mass is 164 g/mol. The first kappa shape index (κ1) is 9.07. The second-order valence-electron chi connectivity index (χ2n) is 3.40. The van der Waals surface area contributed by atoms with Gasteiger partial charge < -0.3 is 11.5 Å². The number of para-hydroxylation sites is 1. The van der Waals surface area contributed by atoms with Crippen molar-refractivity contribution < 1.29 is 0 Å². The Morgan fingerprint density at radius 3 is 2.25 bits per heavy atom. The lowest BCUT2D eigenvalue weighted by Crippen LogP contribution is -2.17. The highest BCUT2D eigenvalue weighted by Gasteiger charge is 2.11. The van der Waals surface area contributed by atoms with Crippen molar-refractivity contribution in [3.8, 4) is 0 Å². The molecule has 0 bridgehead atoms. The van der Waals surface area contributed by atoms with Crippen LogP contribution in [0.5, 0.6) is 0 Å². The number of anilines is 1. The first-order valence-electron chi connectivity index (χ1n) is 4.23. The minimum absolute atomic E-state index is 0.0474. The summed E-state index contributed by atoms with van der Waals surface area (Å²) in [7, 11) is 0. The zero-order chi connectivity index (χ0) is 9.14. The third-order valence-electron chi connectivity index (χ3n) is 2.07. The third-order valence-corrected chi connectivity index (χ3v) is 2.07.